The lowest BCUT2D eigenvalue weighted by molar-refractivity contribution is -0.138. The fourth-order valence-corrected chi connectivity index (χ4v) is 7.46. The van der Waals surface area contributed by atoms with E-state index < -0.39 is 0 Å². The number of ether oxygens (including phenoxy) is 1. The molecule has 1 heterocycles. The van der Waals surface area contributed by atoms with E-state index in [1.807, 2.05) is 12.1 Å². The minimum Gasteiger partial charge on any atom is -0.497 e. The van der Waals surface area contributed by atoms with Gasteiger partial charge in [0, 0.05) is 54.9 Å². The normalized spacial score (nSPS) is 30.9. The van der Waals surface area contributed by atoms with Gasteiger partial charge in [0.15, 0.2) is 0 Å². The van der Waals surface area contributed by atoms with E-state index in [4.69, 9.17) is 10.5 Å². The molecule has 5 rings (SSSR count). The first-order valence-electron chi connectivity index (χ1n) is 13.3. The Morgan fingerprint density at radius 2 is 1.31 bits per heavy atom. The average Bonchev–Trinajstić information content (AvgIpc) is 2.81. The summed E-state index contributed by atoms with van der Waals surface area (Å²) >= 11 is 0. The first-order chi connectivity index (χ1) is 17.0. The third-order valence-electron chi connectivity index (χ3n) is 8.86. The van der Waals surface area contributed by atoms with Crippen LogP contribution in [0.5, 0.6) is 5.75 Å². The molecule has 2 saturated carbocycles. The lowest BCUT2D eigenvalue weighted by Crippen LogP contribution is -2.66. The molecule has 4 unspecified atom stereocenters. The Kier molecular flexibility index (Phi) is 6.27. The number of carbonyl (C=O) groups excluding carboxylic acids is 2. The summed E-state index contributed by atoms with van der Waals surface area (Å²) in [5, 5.41) is 0. The molecule has 0 amide bonds. The zero-order valence-electron chi connectivity index (χ0n) is 22.3. The number of carbonyl (C=O) groups is 2. The Hall–Kier alpha value is -2.66. The van der Waals surface area contributed by atoms with Crippen molar-refractivity contribution in [1.82, 2.24) is 0 Å². The summed E-state index contributed by atoms with van der Waals surface area (Å²) in [4.78, 5) is 30.4. The van der Waals surface area contributed by atoms with Crippen LogP contribution in [0.2, 0.25) is 0 Å². The average molecular weight is 489 g/mol. The van der Waals surface area contributed by atoms with Crippen molar-refractivity contribution < 1.29 is 14.3 Å². The number of hydrogen-bond acceptors (Lipinski definition) is 5. The van der Waals surface area contributed by atoms with Crippen molar-refractivity contribution in [2.24, 2.45) is 28.4 Å². The van der Waals surface area contributed by atoms with Gasteiger partial charge in [0.1, 0.15) is 17.3 Å². The molecule has 1 saturated heterocycles. The number of methoxy groups -OCH3 is 1. The highest BCUT2D eigenvalue weighted by molar-refractivity contribution is 5.91. The molecule has 0 radical (unpaired) electrons. The van der Waals surface area contributed by atoms with E-state index in [1.165, 1.54) is 0 Å². The van der Waals surface area contributed by atoms with Crippen molar-refractivity contribution in [2.75, 3.05) is 12.0 Å². The van der Waals surface area contributed by atoms with Crippen molar-refractivity contribution in [3.05, 3.63) is 59.7 Å². The SMILES string of the molecule is COc1ccc(C2C3C(=O)CC(C)(C)CC3N(c3ccc(CN)cc3)C3CC(C)(C)CC(=O)C23)cc1. The van der Waals surface area contributed by atoms with Gasteiger partial charge in [-0.2, -0.15) is 0 Å². The number of benzene rings is 2. The first-order valence-corrected chi connectivity index (χ1v) is 13.3. The third-order valence-corrected chi connectivity index (χ3v) is 8.86. The van der Waals surface area contributed by atoms with E-state index in [1.54, 1.807) is 7.11 Å². The number of anilines is 1. The molecule has 3 fully saturated rings. The van der Waals surface area contributed by atoms with E-state index in [-0.39, 0.29) is 52.2 Å². The van der Waals surface area contributed by atoms with Gasteiger partial charge in [0.05, 0.1) is 7.11 Å². The second-order valence-electron chi connectivity index (χ2n) is 12.8. The monoisotopic (exact) mass is 488 g/mol. The minimum atomic E-state index is -0.216. The van der Waals surface area contributed by atoms with Crippen LogP contribution in [0.4, 0.5) is 5.69 Å². The number of nitrogens with zero attached hydrogens (tertiary/aromatic N) is 1. The molecular formula is C31H40N2O3. The van der Waals surface area contributed by atoms with Gasteiger partial charge >= 0.3 is 0 Å². The zero-order chi connectivity index (χ0) is 25.8. The molecule has 192 valence electrons. The molecule has 1 aliphatic heterocycles. The molecule has 2 aromatic carbocycles. The molecule has 3 aliphatic rings. The van der Waals surface area contributed by atoms with Crippen LogP contribution >= 0.6 is 0 Å². The summed E-state index contributed by atoms with van der Waals surface area (Å²) in [7, 11) is 1.66. The summed E-state index contributed by atoms with van der Waals surface area (Å²) in [6.07, 6.45) is 2.95. The maximum Gasteiger partial charge on any atom is 0.139 e. The predicted octanol–water partition coefficient (Wildman–Crippen LogP) is 5.51. The van der Waals surface area contributed by atoms with Crippen molar-refractivity contribution in [1.29, 1.82) is 0 Å². The van der Waals surface area contributed by atoms with Crippen molar-refractivity contribution in [3.63, 3.8) is 0 Å². The number of rotatable bonds is 4. The van der Waals surface area contributed by atoms with Crippen LogP contribution in [0.15, 0.2) is 48.5 Å². The Labute approximate surface area is 215 Å². The summed E-state index contributed by atoms with van der Waals surface area (Å²) in [5.74, 6) is 0.821. The highest BCUT2D eigenvalue weighted by Crippen LogP contribution is 2.57. The molecule has 5 nitrogen and oxygen atoms in total. The Morgan fingerprint density at radius 3 is 1.75 bits per heavy atom. The number of nitrogens with two attached hydrogens (primary N) is 1. The molecular weight excluding hydrogens is 448 g/mol. The molecule has 5 heteroatoms. The summed E-state index contributed by atoms with van der Waals surface area (Å²) < 4.78 is 5.41. The number of fused-ring (bicyclic) bond motifs is 2. The number of hydrogen-bond donors (Lipinski definition) is 1. The summed E-state index contributed by atoms with van der Waals surface area (Å²) in [6.45, 7) is 9.33. The number of piperidine rings is 1. The standard InChI is InChI=1S/C31H40N2O3/c1-30(2)14-23-28(25(34)16-30)27(20-8-12-22(36-5)13-9-20)29-24(15-31(3,4)17-26(29)35)33(23)21-10-6-19(18-32)7-11-21/h6-13,23-24,27-29H,14-18,32H2,1-5H3. The van der Waals surface area contributed by atoms with Crippen LogP contribution in [0.3, 0.4) is 0 Å². The summed E-state index contributed by atoms with van der Waals surface area (Å²) in [5.41, 5.74) is 8.99. The van der Waals surface area contributed by atoms with Gasteiger partial charge in [-0.1, -0.05) is 52.0 Å². The lowest BCUT2D eigenvalue weighted by Gasteiger charge is -2.60. The van der Waals surface area contributed by atoms with Gasteiger partial charge in [-0.25, -0.2) is 0 Å². The molecule has 36 heavy (non-hydrogen) atoms. The summed E-state index contributed by atoms with van der Waals surface area (Å²) in [6, 6.07) is 16.6. The minimum absolute atomic E-state index is 0.0417. The smallest absolute Gasteiger partial charge is 0.139 e. The van der Waals surface area contributed by atoms with Gasteiger partial charge in [-0.15, -0.1) is 0 Å². The van der Waals surface area contributed by atoms with Crippen LogP contribution < -0.4 is 15.4 Å². The Morgan fingerprint density at radius 1 is 0.806 bits per heavy atom. The third kappa shape index (κ3) is 4.36. The largest absolute Gasteiger partial charge is 0.497 e. The van der Waals surface area contributed by atoms with E-state index in [9.17, 15) is 9.59 Å². The topological polar surface area (TPSA) is 72.6 Å². The van der Waals surface area contributed by atoms with Crippen LogP contribution in [0.25, 0.3) is 0 Å². The van der Waals surface area contributed by atoms with Gasteiger partial charge in [0.2, 0.25) is 0 Å². The second-order valence-corrected chi connectivity index (χ2v) is 12.8. The second kappa shape index (κ2) is 9.02. The molecule has 0 bridgehead atoms. The Balaban J connectivity index is 1.69. The van der Waals surface area contributed by atoms with E-state index >= 15 is 0 Å². The van der Waals surface area contributed by atoms with Gasteiger partial charge in [-0.05, 0) is 59.1 Å². The molecule has 2 N–H and O–H groups in total. The molecule has 4 atom stereocenters. The highest BCUT2D eigenvalue weighted by Gasteiger charge is 2.59. The molecule has 2 aromatic rings. The number of ketones is 2. The fourth-order valence-electron chi connectivity index (χ4n) is 7.46. The van der Waals surface area contributed by atoms with Crippen LogP contribution in [-0.2, 0) is 16.1 Å². The van der Waals surface area contributed by atoms with Gasteiger partial charge < -0.3 is 15.4 Å². The molecule has 0 aromatic heterocycles. The van der Waals surface area contributed by atoms with Crippen LogP contribution in [-0.4, -0.2) is 30.8 Å². The van der Waals surface area contributed by atoms with Crippen LogP contribution in [0, 0.1) is 22.7 Å². The lowest BCUT2D eigenvalue weighted by atomic mass is 9.53. The zero-order valence-corrected chi connectivity index (χ0v) is 22.3. The Bertz CT molecular complexity index is 1090. The highest BCUT2D eigenvalue weighted by atomic mass is 16.5. The van der Waals surface area contributed by atoms with Crippen molar-refractivity contribution in [3.8, 4) is 5.75 Å². The van der Waals surface area contributed by atoms with Gasteiger partial charge in [-0.3, -0.25) is 9.59 Å². The predicted molar refractivity (Wildman–Crippen MR) is 143 cm³/mol. The quantitative estimate of drug-likeness (QED) is 0.615. The molecule has 2 aliphatic carbocycles. The van der Waals surface area contributed by atoms with E-state index in [2.05, 4.69) is 69.0 Å². The first kappa shape index (κ1) is 25.0. The molecule has 0 spiro atoms. The van der Waals surface area contributed by atoms with Crippen LogP contribution in [0.1, 0.15) is 70.4 Å². The maximum absolute atomic E-state index is 14.0. The maximum atomic E-state index is 14.0. The number of Topliss-reactive ketones (excluding diaryl/α,β-unsaturated/α-hetero) is 2. The van der Waals surface area contributed by atoms with E-state index in [0.29, 0.717) is 19.4 Å². The fraction of sp³-hybridized carbons (Fsp3) is 0.548. The van der Waals surface area contributed by atoms with Crippen molar-refractivity contribution >= 4 is 17.3 Å². The van der Waals surface area contributed by atoms with Crippen molar-refractivity contribution in [2.45, 2.75) is 77.9 Å². The van der Waals surface area contributed by atoms with E-state index in [0.717, 1.165) is 35.4 Å². The van der Waals surface area contributed by atoms with Gasteiger partial charge in [0.25, 0.3) is 0 Å².